The first-order chi connectivity index (χ1) is 8.02. The van der Waals surface area contributed by atoms with Crippen molar-refractivity contribution >= 4 is 59.4 Å². The summed E-state index contributed by atoms with van der Waals surface area (Å²) in [5.41, 5.74) is 0.844. The fraction of sp³-hybridized carbons (Fsp3) is 0.364. The number of amides is 1. The topological polar surface area (TPSA) is 29.5 Å². The number of anilines is 1. The van der Waals surface area contributed by atoms with Crippen LogP contribution in [0.5, 0.6) is 5.75 Å². The van der Waals surface area contributed by atoms with Gasteiger partial charge in [0, 0.05) is 28.3 Å². The molecule has 1 unspecified atom stereocenters. The average molecular weight is 428 g/mol. The molecule has 1 aliphatic heterocycles. The first-order valence-corrected chi connectivity index (χ1v) is 7.50. The lowest BCUT2D eigenvalue weighted by atomic mass is 10.3. The Bertz CT molecular complexity index is 464. The highest BCUT2D eigenvalue weighted by molar-refractivity contribution is 9.11. The van der Waals surface area contributed by atoms with Gasteiger partial charge in [-0.25, -0.2) is 0 Å². The van der Waals surface area contributed by atoms with Crippen LogP contribution in [0.1, 0.15) is 6.42 Å². The van der Waals surface area contributed by atoms with E-state index < -0.39 is 0 Å². The second kappa shape index (κ2) is 5.28. The maximum atomic E-state index is 11.8. The van der Waals surface area contributed by atoms with Gasteiger partial charge in [0.05, 0.1) is 17.3 Å². The number of hydrogen-bond acceptors (Lipinski definition) is 2. The van der Waals surface area contributed by atoms with Gasteiger partial charge in [0.15, 0.2) is 0 Å². The first-order valence-electron chi connectivity index (χ1n) is 5.00. The Balaban J connectivity index is 2.41. The fourth-order valence-electron chi connectivity index (χ4n) is 1.78. The van der Waals surface area contributed by atoms with Crippen LogP contribution in [0.2, 0.25) is 0 Å². The van der Waals surface area contributed by atoms with Gasteiger partial charge >= 0.3 is 0 Å². The van der Waals surface area contributed by atoms with Gasteiger partial charge in [0.1, 0.15) is 5.75 Å². The summed E-state index contributed by atoms with van der Waals surface area (Å²) < 4.78 is 6.98. The molecule has 0 aromatic heterocycles. The zero-order valence-electron chi connectivity index (χ0n) is 9.04. The van der Waals surface area contributed by atoms with Gasteiger partial charge in [-0.3, -0.25) is 4.79 Å². The molecule has 0 saturated carbocycles. The van der Waals surface area contributed by atoms with E-state index in [2.05, 4.69) is 47.8 Å². The summed E-state index contributed by atoms with van der Waals surface area (Å²) in [4.78, 5) is 13.8. The third-order valence-electron chi connectivity index (χ3n) is 2.59. The van der Waals surface area contributed by atoms with E-state index in [1.54, 1.807) is 12.0 Å². The van der Waals surface area contributed by atoms with Crippen LogP contribution in [0, 0.1) is 0 Å². The van der Waals surface area contributed by atoms with E-state index >= 15 is 0 Å². The molecule has 6 heteroatoms. The molecule has 0 aliphatic carbocycles. The third kappa shape index (κ3) is 2.69. The highest BCUT2D eigenvalue weighted by Crippen LogP contribution is 2.38. The number of hydrogen-bond donors (Lipinski definition) is 0. The van der Waals surface area contributed by atoms with Crippen molar-refractivity contribution in [2.24, 2.45) is 0 Å². The molecule has 2 rings (SSSR count). The molecule has 0 bridgehead atoms. The summed E-state index contributed by atoms with van der Waals surface area (Å²) in [6.07, 6.45) is 0.533. The van der Waals surface area contributed by atoms with E-state index in [9.17, 15) is 4.79 Å². The minimum absolute atomic E-state index is 0.122. The van der Waals surface area contributed by atoms with Crippen LogP contribution in [-0.2, 0) is 4.79 Å². The Hall–Kier alpha value is -0.0700. The molecule has 1 aromatic carbocycles. The van der Waals surface area contributed by atoms with Crippen LogP contribution < -0.4 is 9.64 Å². The van der Waals surface area contributed by atoms with Gasteiger partial charge in [-0.2, -0.15) is 0 Å². The monoisotopic (exact) mass is 425 g/mol. The van der Waals surface area contributed by atoms with E-state index in [0.29, 0.717) is 18.7 Å². The minimum Gasteiger partial charge on any atom is -0.495 e. The van der Waals surface area contributed by atoms with E-state index in [-0.39, 0.29) is 10.7 Å². The van der Waals surface area contributed by atoms with E-state index in [1.165, 1.54) is 0 Å². The second-order valence-electron chi connectivity index (χ2n) is 3.74. The molecule has 0 radical (unpaired) electrons. The van der Waals surface area contributed by atoms with Crippen LogP contribution in [0.15, 0.2) is 21.1 Å². The molecule has 3 nitrogen and oxygen atoms in total. The molecule has 1 atom stereocenters. The summed E-state index contributed by atoms with van der Waals surface area (Å²) in [6, 6.07) is 3.75. The molecule has 1 amide bonds. The van der Waals surface area contributed by atoms with Gasteiger partial charge in [-0.05, 0) is 37.9 Å². The highest BCUT2D eigenvalue weighted by atomic mass is 79.9. The molecule has 1 fully saturated rings. The first kappa shape index (κ1) is 13.4. The molecule has 0 spiro atoms. The SMILES string of the molecule is COc1cc(N2CC(Br)CC2=O)c(Br)cc1Br. The number of carbonyl (C=O) groups is 1. The lowest BCUT2D eigenvalue weighted by molar-refractivity contribution is -0.117. The second-order valence-corrected chi connectivity index (χ2v) is 6.75. The third-order valence-corrected chi connectivity index (χ3v) is 4.46. The van der Waals surface area contributed by atoms with Gasteiger partial charge in [-0.15, -0.1) is 0 Å². The van der Waals surface area contributed by atoms with Crippen molar-refractivity contribution in [1.82, 2.24) is 0 Å². The zero-order chi connectivity index (χ0) is 12.6. The normalized spacial score (nSPS) is 19.9. The summed E-state index contributed by atoms with van der Waals surface area (Å²) >= 11 is 10.4. The molecule has 17 heavy (non-hydrogen) atoms. The Morgan fingerprint density at radius 2 is 2.06 bits per heavy atom. The quantitative estimate of drug-likeness (QED) is 0.673. The van der Waals surface area contributed by atoms with Gasteiger partial charge in [-0.1, -0.05) is 15.9 Å². The number of rotatable bonds is 2. The van der Waals surface area contributed by atoms with E-state index in [0.717, 1.165) is 14.6 Å². The number of carbonyl (C=O) groups excluding carboxylic acids is 1. The lowest BCUT2D eigenvalue weighted by Crippen LogP contribution is -2.24. The van der Waals surface area contributed by atoms with Crippen molar-refractivity contribution in [1.29, 1.82) is 0 Å². The number of halogens is 3. The van der Waals surface area contributed by atoms with Crippen LogP contribution in [0.3, 0.4) is 0 Å². The van der Waals surface area contributed by atoms with Crippen molar-refractivity contribution in [3.8, 4) is 5.75 Å². The predicted octanol–water partition coefficient (Wildman–Crippen LogP) is 3.72. The van der Waals surface area contributed by atoms with Crippen molar-refractivity contribution in [3.05, 3.63) is 21.1 Å². The molecular formula is C11H10Br3NO2. The number of alkyl halides is 1. The number of benzene rings is 1. The summed E-state index contributed by atoms with van der Waals surface area (Å²) in [7, 11) is 1.61. The lowest BCUT2D eigenvalue weighted by Gasteiger charge is -2.19. The summed E-state index contributed by atoms with van der Waals surface area (Å²) in [6.45, 7) is 0.683. The average Bonchev–Trinajstić information content (AvgIpc) is 2.58. The summed E-state index contributed by atoms with van der Waals surface area (Å²) in [5.74, 6) is 0.839. The van der Waals surface area contributed by atoms with Gasteiger partial charge in [0.25, 0.3) is 0 Å². The summed E-state index contributed by atoms with van der Waals surface area (Å²) in [5, 5.41) is 0. The van der Waals surface area contributed by atoms with Crippen LogP contribution >= 0.6 is 47.8 Å². The van der Waals surface area contributed by atoms with Crippen LogP contribution in [0.4, 0.5) is 5.69 Å². The molecule has 1 aliphatic rings. The van der Waals surface area contributed by atoms with Crippen molar-refractivity contribution in [2.75, 3.05) is 18.6 Å². The fourth-order valence-corrected chi connectivity index (χ4v) is 3.71. The van der Waals surface area contributed by atoms with E-state index in [4.69, 9.17) is 4.74 Å². The standard InChI is InChI=1S/C11H10Br3NO2/c1-17-10-4-9(7(13)3-8(10)14)15-5-6(12)2-11(15)16/h3-4,6H,2,5H2,1H3. The Morgan fingerprint density at radius 1 is 1.35 bits per heavy atom. The number of nitrogens with zero attached hydrogens (tertiary/aromatic N) is 1. The van der Waals surface area contributed by atoms with Crippen LogP contribution in [0.25, 0.3) is 0 Å². The number of methoxy groups -OCH3 is 1. The zero-order valence-corrected chi connectivity index (χ0v) is 13.8. The molecule has 1 saturated heterocycles. The van der Waals surface area contributed by atoms with Crippen LogP contribution in [-0.4, -0.2) is 24.4 Å². The smallest absolute Gasteiger partial charge is 0.228 e. The van der Waals surface area contributed by atoms with E-state index in [1.807, 2.05) is 12.1 Å². The van der Waals surface area contributed by atoms with Gasteiger partial charge < -0.3 is 9.64 Å². The molecule has 0 N–H and O–H groups in total. The highest BCUT2D eigenvalue weighted by Gasteiger charge is 2.30. The molecular weight excluding hydrogens is 418 g/mol. The predicted molar refractivity (Wildman–Crippen MR) is 78.1 cm³/mol. The van der Waals surface area contributed by atoms with Crippen molar-refractivity contribution in [3.63, 3.8) is 0 Å². The Morgan fingerprint density at radius 3 is 2.59 bits per heavy atom. The van der Waals surface area contributed by atoms with Crippen molar-refractivity contribution in [2.45, 2.75) is 11.2 Å². The van der Waals surface area contributed by atoms with Crippen molar-refractivity contribution < 1.29 is 9.53 Å². The Kier molecular flexibility index (Phi) is 4.15. The maximum Gasteiger partial charge on any atom is 0.228 e. The molecule has 92 valence electrons. The van der Waals surface area contributed by atoms with Gasteiger partial charge in [0.2, 0.25) is 5.91 Å². The minimum atomic E-state index is 0.122. The number of ether oxygens (including phenoxy) is 1. The largest absolute Gasteiger partial charge is 0.495 e. The Labute approximate surface area is 125 Å². The molecule has 1 heterocycles. The molecule has 1 aromatic rings. The maximum absolute atomic E-state index is 11.8.